The van der Waals surface area contributed by atoms with Crippen molar-refractivity contribution in [1.82, 2.24) is 20.2 Å². The number of hydrogen-bond acceptors (Lipinski definition) is 4. The van der Waals surface area contributed by atoms with E-state index in [1.807, 2.05) is 12.4 Å². The van der Waals surface area contributed by atoms with E-state index in [1.165, 1.54) is 56.6 Å². The van der Waals surface area contributed by atoms with Crippen molar-refractivity contribution >= 4 is 0 Å². The van der Waals surface area contributed by atoms with E-state index in [0.29, 0.717) is 5.41 Å². The molecular weight excluding hydrogens is 296 g/mol. The van der Waals surface area contributed by atoms with Gasteiger partial charge in [-0.05, 0) is 50.8 Å². The zero-order valence-electron chi connectivity index (χ0n) is 14.5. The third-order valence-electron chi connectivity index (χ3n) is 5.47. The van der Waals surface area contributed by atoms with Crippen LogP contribution in [0.3, 0.4) is 0 Å². The van der Waals surface area contributed by atoms with Crippen LogP contribution in [0.1, 0.15) is 30.4 Å². The normalized spacial score (nSPS) is 24.5. The van der Waals surface area contributed by atoms with Crippen LogP contribution in [0.25, 0.3) is 11.4 Å². The van der Waals surface area contributed by atoms with E-state index in [9.17, 15) is 0 Å². The molecule has 2 aromatic rings. The molecule has 2 aliphatic heterocycles. The summed E-state index contributed by atoms with van der Waals surface area (Å²) in [4.78, 5) is 11.7. The molecule has 1 aromatic carbocycles. The lowest BCUT2D eigenvalue weighted by Crippen LogP contribution is -2.41. The molecule has 0 unspecified atom stereocenters. The van der Waals surface area contributed by atoms with E-state index in [0.717, 1.165) is 17.9 Å². The van der Waals surface area contributed by atoms with Gasteiger partial charge in [-0.1, -0.05) is 23.8 Å². The summed E-state index contributed by atoms with van der Waals surface area (Å²) in [7, 11) is 0. The maximum Gasteiger partial charge on any atom is 0.159 e. The topological polar surface area (TPSA) is 41.1 Å². The minimum atomic E-state index is 0.514. The molecule has 2 saturated heterocycles. The Morgan fingerprint density at radius 1 is 1.21 bits per heavy atom. The van der Waals surface area contributed by atoms with E-state index in [-0.39, 0.29) is 0 Å². The monoisotopic (exact) mass is 322 g/mol. The van der Waals surface area contributed by atoms with Crippen LogP contribution in [0.5, 0.6) is 0 Å². The van der Waals surface area contributed by atoms with Gasteiger partial charge in [0.1, 0.15) is 0 Å². The van der Waals surface area contributed by atoms with Crippen LogP contribution >= 0.6 is 0 Å². The van der Waals surface area contributed by atoms with E-state index in [4.69, 9.17) is 0 Å². The Morgan fingerprint density at radius 3 is 2.83 bits per heavy atom. The molecule has 4 rings (SSSR count). The predicted molar refractivity (Wildman–Crippen MR) is 96.6 cm³/mol. The van der Waals surface area contributed by atoms with E-state index < -0.39 is 0 Å². The highest BCUT2D eigenvalue weighted by Gasteiger charge is 2.38. The lowest BCUT2D eigenvalue weighted by Gasteiger charge is -2.34. The molecule has 126 valence electrons. The Bertz CT molecular complexity index is 689. The number of rotatable bonds is 3. The Hall–Kier alpha value is -1.78. The van der Waals surface area contributed by atoms with Crippen molar-refractivity contribution < 1.29 is 0 Å². The molecule has 1 aromatic heterocycles. The highest BCUT2D eigenvalue weighted by atomic mass is 15.2. The fourth-order valence-corrected chi connectivity index (χ4v) is 4.17. The van der Waals surface area contributed by atoms with Gasteiger partial charge in [-0.25, -0.2) is 9.97 Å². The van der Waals surface area contributed by atoms with Gasteiger partial charge in [-0.3, -0.25) is 4.90 Å². The van der Waals surface area contributed by atoms with Gasteiger partial charge in [0.05, 0.1) is 0 Å². The average molecular weight is 322 g/mol. The number of likely N-dealkylation sites (tertiary alicyclic amines) is 1. The second-order valence-corrected chi connectivity index (χ2v) is 7.53. The molecule has 0 bridgehead atoms. The quantitative estimate of drug-likeness (QED) is 0.943. The van der Waals surface area contributed by atoms with Crippen LogP contribution < -0.4 is 5.32 Å². The number of aromatic nitrogens is 2. The highest BCUT2D eigenvalue weighted by Crippen LogP contribution is 2.36. The first-order chi connectivity index (χ1) is 11.7. The molecule has 0 radical (unpaired) electrons. The lowest BCUT2D eigenvalue weighted by atomic mass is 9.80. The van der Waals surface area contributed by atoms with Crippen molar-refractivity contribution in [3.63, 3.8) is 0 Å². The highest BCUT2D eigenvalue weighted by molar-refractivity contribution is 5.55. The molecular formula is C20H26N4. The van der Waals surface area contributed by atoms with Crippen molar-refractivity contribution in [2.75, 3.05) is 26.2 Å². The first-order valence-corrected chi connectivity index (χ1v) is 9.04. The van der Waals surface area contributed by atoms with Crippen LogP contribution in [0, 0.1) is 12.3 Å². The van der Waals surface area contributed by atoms with Gasteiger partial charge in [-0.15, -0.1) is 0 Å². The van der Waals surface area contributed by atoms with Gasteiger partial charge < -0.3 is 5.32 Å². The Morgan fingerprint density at radius 2 is 2.08 bits per heavy atom. The molecule has 1 N–H and O–H groups in total. The molecule has 24 heavy (non-hydrogen) atoms. The summed E-state index contributed by atoms with van der Waals surface area (Å²) in [5.74, 6) is 0.817. The third kappa shape index (κ3) is 3.35. The number of nitrogens with one attached hydrogen (secondary N) is 1. The minimum absolute atomic E-state index is 0.514. The largest absolute Gasteiger partial charge is 0.316 e. The predicted octanol–water partition coefficient (Wildman–Crippen LogP) is 3.03. The molecule has 1 spiro atoms. The van der Waals surface area contributed by atoms with Gasteiger partial charge in [0.2, 0.25) is 0 Å². The second-order valence-electron chi connectivity index (χ2n) is 7.53. The number of hydrogen-bond donors (Lipinski definition) is 1. The van der Waals surface area contributed by atoms with Crippen molar-refractivity contribution in [3.8, 4) is 11.4 Å². The van der Waals surface area contributed by atoms with Crippen LogP contribution in [0.2, 0.25) is 0 Å². The summed E-state index contributed by atoms with van der Waals surface area (Å²) in [5, 5.41) is 3.58. The zero-order chi connectivity index (χ0) is 16.4. The third-order valence-corrected chi connectivity index (χ3v) is 5.47. The molecule has 3 heterocycles. The molecule has 2 aliphatic rings. The minimum Gasteiger partial charge on any atom is -0.316 e. The van der Waals surface area contributed by atoms with Crippen molar-refractivity contribution in [2.45, 2.75) is 32.7 Å². The Labute approximate surface area is 144 Å². The number of nitrogens with zero attached hydrogens (tertiary/aromatic N) is 3. The SMILES string of the molecule is Cc1cccc(-c2ncc(CN3CC[C@@]4(CCCNC4)C3)cn2)c1. The molecule has 4 nitrogen and oxygen atoms in total. The van der Waals surface area contributed by atoms with E-state index in [2.05, 4.69) is 51.4 Å². The molecule has 2 fully saturated rings. The van der Waals surface area contributed by atoms with Crippen molar-refractivity contribution in [2.24, 2.45) is 5.41 Å². The van der Waals surface area contributed by atoms with E-state index in [1.54, 1.807) is 0 Å². The fraction of sp³-hybridized carbons (Fsp3) is 0.500. The van der Waals surface area contributed by atoms with Gasteiger partial charge >= 0.3 is 0 Å². The second kappa shape index (κ2) is 6.61. The summed E-state index contributed by atoms with van der Waals surface area (Å²) in [5.41, 5.74) is 4.06. The molecule has 4 heteroatoms. The van der Waals surface area contributed by atoms with Crippen molar-refractivity contribution in [1.29, 1.82) is 0 Å². The standard InChI is InChI=1S/C20H26N4/c1-16-4-2-5-18(10-16)19-22-11-17(12-23-19)13-24-9-7-20(15-24)6-3-8-21-14-20/h2,4-5,10-12,21H,3,6-9,13-15H2,1H3/t20-/m1/s1. The van der Waals surface area contributed by atoms with E-state index >= 15 is 0 Å². The smallest absolute Gasteiger partial charge is 0.159 e. The summed E-state index contributed by atoms with van der Waals surface area (Å²) in [6.45, 7) is 7.85. The van der Waals surface area contributed by atoms with Crippen LogP contribution in [-0.4, -0.2) is 41.0 Å². The molecule has 0 aliphatic carbocycles. The summed E-state index contributed by atoms with van der Waals surface area (Å²) in [6.07, 6.45) is 8.01. The number of piperidine rings is 1. The maximum atomic E-state index is 4.59. The summed E-state index contributed by atoms with van der Waals surface area (Å²) in [6, 6.07) is 8.36. The summed E-state index contributed by atoms with van der Waals surface area (Å²) < 4.78 is 0. The molecule has 0 saturated carbocycles. The average Bonchev–Trinajstić information content (AvgIpc) is 2.98. The fourth-order valence-electron chi connectivity index (χ4n) is 4.17. The first kappa shape index (κ1) is 15.7. The van der Waals surface area contributed by atoms with Crippen LogP contribution in [0.15, 0.2) is 36.7 Å². The Balaban J connectivity index is 1.41. The zero-order valence-corrected chi connectivity index (χ0v) is 14.5. The maximum absolute atomic E-state index is 4.59. The first-order valence-electron chi connectivity index (χ1n) is 9.04. The summed E-state index contributed by atoms with van der Waals surface area (Å²) >= 11 is 0. The number of aryl methyl sites for hydroxylation is 1. The van der Waals surface area contributed by atoms with Gasteiger partial charge in [0.25, 0.3) is 0 Å². The van der Waals surface area contributed by atoms with Gasteiger partial charge in [0.15, 0.2) is 5.82 Å². The van der Waals surface area contributed by atoms with Crippen molar-refractivity contribution in [3.05, 3.63) is 47.8 Å². The van der Waals surface area contributed by atoms with Gasteiger partial charge in [0, 0.05) is 43.2 Å². The van der Waals surface area contributed by atoms with Crippen LogP contribution in [-0.2, 0) is 6.54 Å². The lowest BCUT2D eigenvalue weighted by molar-refractivity contribution is 0.199. The number of benzene rings is 1. The molecule has 1 atom stereocenters. The van der Waals surface area contributed by atoms with Gasteiger partial charge in [-0.2, -0.15) is 0 Å². The Kier molecular flexibility index (Phi) is 4.33. The molecule has 0 amide bonds. The van der Waals surface area contributed by atoms with Crippen LogP contribution in [0.4, 0.5) is 0 Å².